The first-order valence-corrected chi connectivity index (χ1v) is 11.4. The second-order valence-electron chi connectivity index (χ2n) is 6.93. The number of carbonyl (C=O) groups is 2. The first kappa shape index (κ1) is 25.2. The summed E-state index contributed by atoms with van der Waals surface area (Å²) in [6, 6.07) is 6.06. The molecule has 2 amide bonds. The third-order valence-corrected chi connectivity index (χ3v) is 6.04. The Bertz CT molecular complexity index is 769. The van der Waals surface area contributed by atoms with Crippen LogP contribution in [0.15, 0.2) is 24.3 Å². The van der Waals surface area contributed by atoms with Crippen LogP contribution < -0.4 is 5.32 Å². The van der Waals surface area contributed by atoms with Gasteiger partial charge in [-0.1, -0.05) is 51.0 Å². The zero-order valence-corrected chi connectivity index (χ0v) is 17.8. The van der Waals surface area contributed by atoms with Gasteiger partial charge in [0, 0.05) is 19.4 Å². The van der Waals surface area contributed by atoms with Gasteiger partial charge in [0.05, 0.1) is 12.3 Å². The predicted octanol–water partition coefficient (Wildman–Crippen LogP) is 3.26. The molecule has 29 heavy (non-hydrogen) atoms. The molecular weight excluding hydrogens is 402 g/mol. The lowest BCUT2D eigenvalue weighted by Crippen LogP contribution is -2.43. The number of alkyl halides is 2. The van der Waals surface area contributed by atoms with Gasteiger partial charge in [-0.25, -0.2) is 17.2 Å². The lowest BCUT2D eigenvalue weighted by Gasteiger charge is -2.21. The van der Waals surface area contributed by atoms with Crippen molar-refractivity contribution in [1.29, 1.82) is 0 Å². The third-order valence-electron chi connectivity index (χ3n) is 4.24. The van der Waals surface area contributed by atoms with Crippen LogP contribution in [0.2, 0.25) is 0 Å². The van der Waals surface area contributed by atoms with Crippen molar-refractivity contribution in [2.75, 3.05) is 13.1 Å². The zero-order chi connectivity index (χ0) is 21.9. The number of carbonyl (C=O) groups excluding carboxylic acids is 2. The monoisotopic (exact) mass is 432 g/mol. The average molecular weight is 433 g/mol. The van der Waals surface area contributed by atoms with Gasteiger partial charge in [-0.3, -0.25) is 14.9 Å². The van der Waals surface area contributed by atoms with Crippen LogP contribution in [0, 0.1) is 0 Å². The number of hydrogen-bond donors (Lipinski definition) is 1. The number of nitrogens with zero attached hydrogens (tertiary/aromatic N) is 1. The Labute approximate surface area is 171 Å². The Balaban J connectivity index is 2.86. The van der Waals surface area contributed by atoms with Crippen LogP contribution in [-0.2, 0) is 31.8 Å². The number of benzene rings is 1. The first-order valence-electron chi connectivity index (χ1n) is 9.84. The van der Waals surface area contributed by atoms with Gasteiger partial charge in [0.15, 0.2) is 0 Å². The van der Waals surface area contributed by atoms with Gasteiger partial charge in [-0.15, -0.1) is 0 Å². The van der Waals surface area contributed by atoms with E-state index in [1.54, 1.807) is 6.07 Å². The number of rotatable bonds is 13. The smallest absolute Gasteiger partial charge is 0.242 e. The van der Waals surface area contributed by atoms with Crippen molar-refractivity contribution in [2.45, 2.75) is 64.6 Å². The van der Waals surface area contributed by atoms with Gasteiger partial charge < -0.3 is 0 Å². The van der Waals surface area contributed by atoms with Crippen molar-refractivity contribution in [2.24, 2.45) is 0 Å². The summed E-state index contributed by atoms with van der Waals surface area (Å²) in [5.74, 6) is -1.49. The van der Waals surface area contributed by atoms with Gasteiger partial charge in [0.1, 0.15) is 0 Å². The summed E-state index contributed by atoms with van der Waals surface area (Å²) in [4.78, 5) is 23.9. The Morgan fingerprint density at radius 1 is 1.07 bits per heavy atom. The Morgan fingerprint density at radius 3 is 2.34 bits per heavy atom. The lowest BCUT2D eigenvalue weighted by molar-refractivity contribution is -0.130. The minimum absolute atomic E-state index is 0.145. The number of nitrogens with one attached hydrogen (secondary N) is 1. The van der Waals surface area contributed by atoms with E-state index in [9.17, 15) is 26.8 Å². The molecule has 1 aromatic rings. The van der Waals surface area contributed by atoms with E-state index in [0.29, 0.717) is 24.0 Å². The number of hydrogen-bond acceptors (Lipinski definition) is 4. The van der Waals surface area contributed by atoms with Crippen LogP contribution in [0.5, 0.6) is 0 Å². The highest BCUT2D eigenvalue weighted by Gasteiger charge is 2.25. The molecule has 0 aliphatic heterocycles. The van der Waals surface area contributed by atoms with E-state index in [0.717, 1.165) is 17.1 Å². The number of amides is 2. The molecule has 0 atom stereocenters. The Morgan fingerprint density at radius 2 is 1.72 bits per heavy atom. The maximum Gasteiger partial charge on any atom is 0.242 e. The van der Waals surface area contributed by atoms with Crippen LogP contribution in [0.25, 0.3) is 0 Å². The number of unbranched alkanes of at least 4 members (excludes halogenated alkanes) is 2. The highest BCUT2D eigenvalue weighted by molar-refractivity contribution is 7.88. The van der Waals surface area contributed by atoms with Crippen LogP contribution in [0.4, 0.5) is 8.78 Å². The molecule has 0 aliphatic carbocycles. The fraction of sp³-hybridized carbons (Fsp3) is 0.600. The van der Waals surface area contributed by atoms with E-state index >= 15 is 0 Å². The van der Waals surface area contributed by atoms with E-state index in [2.05, 4.69) is 5.32 Å². The van der Waals surface area contributed by atoms with Gasteiger partial charge >= 0.3 is 0 Å². The first-order chi connectivity index (χ1) is 13.7. The van der Waals surface area contributed by atoms with Crippen LogP contribution in [0.1, 0.15) is 57.1 Å². The summed E-state index contributed by atoms with van der Waals surface area (Å²) < 4.78 is 51.9. The van der Waals surface area contributed by atoms with E-state index in [-0.39, 0.29) is 13.0 Å². The second kappa shape index (κ2) is 12.6. The molecule has 9 heteroatoms. The van der Waals surface area contributed by atoms with Crippen molar-refractivity contribution in [3.63, 3.8) is 0 Å². The van der Waals surface area contributed by atoms with E-state index in [1.807, 2.05) is 13.8 Å². The van der Waals surface area contributed by atoms with Crippen molar-refractivity contribution in [1.82, 2.24) is 9.62 Å². The zero-order valence-electron chi connectivity index (χ0n) is 17.0. The van der Waals surface area contributed by atoms with Gasteiger partial charge in [0.2, 0.25) is 28.3 Å². The summed E-state index contributed by atoms with van der Waals surface area (Å²) in [5, 5.41) is 2.22. The SMILES string of the molecule is CCCCC(=O)NC(=O)CN(CCCC)S(=O)(=O)Cc1cccc(CC(F)F)c1. The van der Waals surface area contributed by atoms with Crippen molar-refractivity contribution < 1.29 is 26.8 Å². The molecule has 0 saturated carbocycles. The molecule has 0 spiro atoms. The van der Waals surface area contributed by atoms with Gasteiger partial charge in [0.25, 0.3) is 0 Å². The average Bonchev–Trinajstić information content (AvgIpc) is 2.62. The summed E-state index contributed by atoms with van der Waals surface area (Å²) in [6.45, 7) is 3.51. The van der Waals surface area contributed by atoms with E-state index in [1.165, 1.54) is 18.2 Å². The summed E-state index contributed by atoms with van der Waals surface area (Å²) in [6.07, 6.45) is -0.0164. The van der Waals surface area contributed by atoms with Crippen molar-refractivity contribution in [3.8, 4) is 0 Å². The maximum absolute atomic E-state index is 12.8. The molecule has 0 heterocycles. The molecule has 1 N–H and O–H groups in total. The molecule has 0 bridgehead atoms. The summed E-state index contributed by atoms with van der Waals surface area (Å²) in [5.41, 5.74) is 0.733. The molecule has 6 nitrogen and oxygen atoms in total. The van der Waals surface area contributed by atoms with Crippen molar-refractivity contribution in [3.05, 3.63) is 35.4 Å². The van der Waals surface area contributed by atoms with Gasteiger partial charge in [-0.05, 0) is 24.0 Å². The van der Waals surface area contributed by atoms with Gasteiger partial charge in [-0.2, -0.15) is 4.31 Å². The van der Waals surface area contributed by atoms with E-state index < -0.39 is 47.0 Å². The highest BCUT2D eigenvalue weighted by Crippen LogP contribution is 2.15. The topological polar surface area (TPSA) is 83.6 Å². The normalized spacial score (nSPS) is 11.8. The molecule has 0 unspecified atom stereocenters. The number of halogens is 2. The molecule has 0 aliphatic rings. The Kier molecular flexibility index (Phi) is 11.0. The quantitative estimate of drug-likeness (QED) is 0.519. The predicted molar refractivity (Wildman–Crippen MR) is 108 cm³/mol. The Hall–Kier alpha value is -1.87. The van der Waals surface area contributed by atoms with Crippen molar-refractivity contribution >= 4 is 21.8 Å². The van der Waals surface area contributed by atoms with Crippen LogP contribution >= 0.6 is 0 Å². The van der Waals surface area contributed by atoms with Crippen LogP contribution in [-0.4, -0.2) is 44.1 Å². The molecular formula is C20H30F2N2O4S. The fourth-order valence-electron chi connectivity index (χ4n) is 2.73. The summed E-state index contributed by atoms with van der Waals surface area (Å²) in [7, 11) is -3.87. The molecule has 164 valence electrons. The largest absolute Gasteiger partial charge is 0.295 e. The highest BCUT2D eigenvalue weighted by atomic mass is 32.2. The maximum atomic E-state index is 12.8. The molecule has 0 radical (unpaired) electrons. The number of sulfonamides is 1. The number of imide groups is 1. The summed E-state index contributed by atoms with van der Waals surface area (Å²) >= 11 is 0. The fourth-order valence-corrected chi connectivity index (χ4v) is 4.24. The lowest BCUT2D eigenvalue weighted by atomic mass is 10.1. The molecule has 0 saturated heterocycles. The minimum atomic E-state index is -3.87. The molecule has 1 aromatic carbocycles. The van der Waals surface area contributed by atoms with E-state index in [4.69, 9.17) is 0 Å². The van der Waals surface area contributed by atoms with Crippen LogP contribution in [0.3, 0.4) is 0 Å². The molecule has 1 rings (SSSR count). The standard InChI is InChI=1S/C20H30F2N2O4S/c1-3-5-10-19(25)23-20(26)14-24(11-6-4-2)29(27,28)15-17-9-7-8-16(12-17)13-18(21)22/h7-9,12,18H,3-6,10-11,13-15H2,1-2H3,(H,23,25,26). The third kappa shape index (κ3) is 9.94. The molecule has 0 fully saturated rings. The minimum Gasteiger partial charge on any atom is -0.295 e. The molecule has 0 aromatic heterocycles. The second-order valence-corrected chi connectivity index (χ2v) is 8.90.